The van der Waals surface area contributed by atoms with Gasteiger partial charge < -0.3 is 24.4 Å². The van der Waals surface area contributed by atoms with Gasteiger partial charge in [0.2, 0.25) is 0 Å². The van der Waals surface area contributed by atoms with Crippen molar-refractivity contribution in [1.29, 1.82) is 0 Å². The number of allylic oxidation sites excluding steroid dienone is 1. The van der Waals surface area contributed by atoms with Crippen molar-refractivity contribution in [3.63, 3.8) is 0 Å². The Bertz CT molecular complexity index is 1730. The van der Waals surface area contributed by atoms with Crippen molar-refractivity contribution < 1.29 is 43.6 Å². The van der Waals surface area contributed by atoms with E-state index < -0.39 is 75.8 Å². The van der Waals surface area contributed by atoms with Gasteiger partial charge in [-0.25, -0.2) is 9.59 Å². The SMILES string of the molecule is CC1=C[C@@H]2C(=O)[C@]3(C=C(C)[C@H](OC(=O)[C@H](C)C(C)C)[C@@]3(O)[C@@H]1O)[C@H](C)C[C@]1(OC(=O)c3ccccc3)[C@H]2[C@]1(C)COC(=O)c1ccccc1. The van der Waals surface area contributed by atoms with Crippen molar-refractivity contribution in [3.8, 4) is 0 Å². The largest absolute Gasteiger partial charge is 0.461 e. The maximum Gasteiger partial charge on any atom is 0.338 e. The lowest BCUT2D eigenvalue weighted by molar-refractivity contribution is -0.206. The first-order valence-corrected chi connectivity index (χ1v) is 17.1. The minimum absolute atomic E-state index is 0.0368. The first-order chi connectivity index (χ1) is 23.1. The minimum Gasteiger partial charge on any atom is -0.461 e. The van der Waals surface area contributed by atoms with Crippen LogP contribution in [-0.4, -0.2) is 63.9 Å². The number of ketones is 1. The number of aliphatic hydroxyl groups excluding tert-OH is 1. The third-order valence-electron chi connectivity index (χ3n) is 12.2. The molecule has 4 aliphatic rings. The van der Waals surface area contributed by atoms with E-state index in [0.717, 1.165) is 0 Å². The van der Waals surface area contributed by atoms with Crippen LogP contribution in [0, 0.1) is 40.4 Å². The number of carbonyl (C=O) groups is 4. The first kappa shape index (κ1) is 34.8. The lowest BCUT2D eigenvalue weighted by Gasteiger charge is -2.49. The molecule has 2 fully saturated rings. The Balaban J connectivity index is 1.45. The van der Waals surface area contributed by atoms with Gasteiger partial charge in [0.15, 0.2) is 17.5 Å². The van der Waals surface area contributed by atoms with Crippen molar-refractivity contribution in [2.24, 2.45) is 40.4 Å². The number of fused-ring (bicyclic) bond motifs is 3. The van der Waals surface area contributed by atoms with Gasteiger partial charge in [0.1, 0.15) is 18.3 Å². The zero-order valence-corrected chi connectivity index (χ0v) is 29.1. The molecule has 0 radical (unpaired) electrons. The zero-order chi connectivity index (χ0) is 35.7. The molecular formula is C40H46O9. The molecule has 49 heavy (non-hydrogen) atoms. The molecule has 1 spiro atoms. The van der Waals surface area contributed by atoms with Crippen LogP contribution in [0.5, 0.6) is 0 Å². The fourth-order valence-electron chi connectivity index (χ4n) is 9.06. The highest BCUT2D eigenvalue weighted by molar-refractivity contribution is 5.96. The van der Waals surface area contributed by atoms with Crippen molar-refractivity contribution in [3.05, 3.63) is 95.1 Å². The summed E-state index contributed by atoms with van der Waals surface area (Å²) < 4.78 is 18.4. The molecule has 2 N–H and O–H groups in total. The quantitative estimate of drug-likeness (QED) is 0.212. The number of esters is 3. The predicted octanol–water partition coefficient (Wildman–Crippen LogP) is 5.50. The Hall–Kier alpha value is -4.08. The van der Waals surface area contributed by atoms with Gasteiger partial charge in [-0.05, 0) is 67.5 Å². The third-order valence-corrected chi connectivity index (χ3v) is 12.2. The van der Waals surface area contributed by atoms with Gasteiger partial charge in [0, 0.05) is 17.3 Å². The Kier molecular flexibility index (Phi) is 8.56. The highest BCUT2D eigenvalue weighted by Gasteiger charge is 2.85. The maximum atomic E-state index is 15.2. The summed E-state index contributed by atoms with van der Waals surface area (Å²) in [5, 5.41) is 24.8. The monoisotopic (exact) mass is 670 g/mol. The fourth-order valence-corrected chi connectivity index (χ4v) is 9.06. The number of aliphatic hydroxyl groups is 2. The van der Waals surface area contributed by atoms with Crippen molar-refractivity contribution in [2.45, 2.75) is 78.3 Å². The Morgan fingerprint density at radius 2 is 1.49 bits per heavy atom. The summed E-state index contributed by atoms with van der Waals surface area (Å²) in [7, 11) is 0. The molecule has 0 aliphatic heterocycles. The van der Waals surface area contributed by atoms with Crippen LogP contribution in [0.2, 0.25) is 0 Å². The molecule has 2 saturated carbocycles. The molecule has 0 unspecified atom stereocenters. The molecule has 10 atom stereocenters. The summed E-state index contributed by atoms with van der Waals surface area (Å²) in [5.74, 6) is -4.88. The highest BCUT2D eigenvalue weighted by atomic mass is 16.6. The van der Waals surface area contributed by atoms with Gasteiger partial charge in [-0.1, -0.05) is 83.2 Å². The molecule has 4 aliphatic carbocycles. The summed E-state index contributed by atoms with van der Waals surface area (Å²) in [6.07, 6.45) is 0.588. The minimum atomic E-state index is -2.23. The van der Waals surface area contributed by atoms with Gasteiger partial charge in [-0.2, -0.15) is 0 Å². The van der Waals surface area contributed by atoms with Crippen LogP contribution in [0.1, 0.15) is 75.6 Å². The summed E-state index contributed by atoms with van der Waals surface area (Å²) in [4.78, 5) is 55.5. The molecule has 2 aromatic rings. The molecule has 6 rings (SSSR count). The first-order valence-electron chi connectivity index (χ1n) is 17.1. The summed E-state index contributed by atoms with van der Waals surface area (Å²) in [5.41, 5.74) is -4.73. The molecule has 9 heteroatoms. The average molecular weight is 671 g/mol. The van der Waals surface area contributed by atoms with E-state index >= 15 is 4.79 Å². The molecule has 260 valence electrons. The molecule has 0 amide bonds. The van der Waals surface area contributed by atoms with E-state index in [-0.39, 0.29) is 24.7 Å². The van der Waals surface area contributed by atoms with Gasteiger partial charge in [0.05, 0.1) is 22.5 Å². The fraction of sp³-hybridized carbons (Fsp3) is 0.500. The lowest BCUT2D eigenvalue weighted by atomic mass is 9.59. The van der Waals surface area contributed by atoms with Crippen LogP contribution in [0.15, 0.2) is 84.0 Å². The van der Waals surface area contributed by atoms with Gasteiger partial charge >= 0.3 is 17.9 Å². The number of hydrogen-bond acceptors (Lipinski definition) is 9. The average Bonchev–Trinajstić information content (AvgIpc) is 3.53. The van der Waals surface area contributed by atoms with Crippen LogP contribution < -0.4 is 0 Å². The number of carbonyl (C=O) groups excluding carboxylic acids is 4. The van der Waals surface area contributed by atoms with E-state index in [1.807, 2.05) is 20.8 Å². The lowest BCUT2D eigenvalue weighted by Crippen LogP contribution is -2.65. The maximum absolute atomic E-state index is 15.2. The summed E-state index contributed by atoms with van der Waals surface area (Å²) in [6.45, 7) is 12.4. The molecule has 0 heterocycles. The molecular weight excluding hydrogens is 624 g/mol. The van der Waals surface area contributed by atoms with Crippen LogP contribution in [-0.2, 0) is 23.8 Å². The molecule has 0 aromatic heterocycles. The predicted molar refractivity (Wildman–Crippen MR) is 180 cm³/mol. The van der Waals surface area contributed by atoms with Crippen LogP contribution in [0.25, 0.3) is 0 Å². The van der Waals surface area contributed by atoms with Gasteiger partial charge in [0.25, 0.3) is 0 Å². The van der Waals surface area contributed by atoms with Crippen molar-refractivity contribution in [2.75, 3.05) is 6.61 Å². The van der Waals surface area contributed by atoms with Crippen molar-refractivity contribution in [1.82, 2.24) is 0 Å². The number of rotatable bonds is 8. The standard InChI is InChI=1S/C40H46O9/c1-22(2)26(6)34(43)48-33-24(4)19-38-25(5)20-39(49-36(45)28-16-12-9-13-17-28)30(29(32(38)42)18-23(3)31(41)40(33,38)46)37(39,7)21-47-35(44)27-14-10-8-11-15-27/h8-19,22,25-26,29-31,33,41,46H,20-21H2,1-7H3/t25-,26-,29+,30-,31-,33+,37+,38+,39+,40+/m1/s1. The van der Waals surface area contributed by atoms with E-state index in [1.165, 1.54) is 0 Å². The number of Topliss-reactive ketones (excluding diaryl/α,β-unsaturated/α-hetero) is 1. The topological polar surface area (TPSA) is 136 Å². The normalized spacial score (nSPS) is 36.6. The second kappa shape index (κ2) is 12.1. The van der Waals surface area contributed by atoms with E-state index in [1.54, 1.807) is 101 Å². The summed E-state index contributed by atoms with van der Waals surface area (Å²) >= 11 is 0. The molecule has 0 saturated heterocycles. The second-order valence-electron chi connectivity index (χ2n) is 15.2. The Labute approximate surface area is 287 Å². The van der Waals surface area contributed by atoms with Gasteiger partial charge in [-0.15, -0.1) is 0 Å². The van der Waals surface area contributed by atoms with E-state index in [2.05, 4.69) is 0 Å². The smallest absolute Gasteiger partial charge is 0.338 e. The van der Waals surface area contributed by atoms with E-state index in [0.29, 0.717) is 22.3 Å². The Morgan fingerprint density at radius 1 is 0.918 bits per heavy atom. The zero-order valence-electron chi connectivity index (χ0n) is 29.1. The second-order valence-corrected chi connectivity index (χ2v) is 15.2. The van der Waals surface area contributed by atoms with Crippen LogP contribution >= 0.6 is 0 Å². The number of ether oxygens (including phenoxy) is 3. The summed E-state index contributed by atoms with van der Waals surface area (Å²) in [6, 6.07) is 17.1. The Morgan fingerprint density at radius 3 is 2.06 bits per heavy atom. The van der Waals surface area contributed by atoms with Crippen LogP contribution in [0.4, 0.5) is 0 Å². The van der Waals surface area contributed by atoms with Crippen molar-refractivity contribution >= 4 is 23.7 Å². The van der Waals surface area contributed by atoms with Crippen LogP contribution in [0.3, 0.4) is 0 Å². The number of hydrogen-bond donors (Lipinski definition) is 2. The van der Waals surface area contributed by atoms with E-state index in [4.69, 9.17) is 14.2 Å². The van der Waals surface area contributed by atoms with E-state index in [9.17, 15) is 24.6 Å². The molecule has 2 bridgehead atoms. The third kappa shape index (κ3) is 4.95. The molecule has 2 aromatic carbocycles. The molecule has 9 nitrogen and oxygen atoms in total. The highest BCUT2D eigenvalue weighted by Crippen LogP contribution is 2.75. The number of benzene rings is 2. The van der Waals surface area contributed by atoms with Gasteiger partial charge in [-0.3, -0.25) is 9.59 Å².